The lowest BCUT2D eigenvalue weighted by Crippen LogP contribution is -2.45. The van der Waals surface area contributed by atoms with Crippen molar-refractivity contribution in [1.82, 2.24) is 10.2 Å². The molecule has 0 spiro atoms. The molecule has 2 aromatic carbocycles. The van der Waals surface area contributed by atoms with Crippen LogP contribution in [0, 0.1) is 11.3 Å². The van der Waals surface area contributed by atoms with E-state index in [-0.39, 0.29) is 6.54 Å². The summed E-state index contributed by atoms with van der Waals surface area (Å²) in [5.41, 5.74) is 0.880. The number of benzene rings is 2. The first kappa shape index (κ1) is 20.9. The van der Waals surface area contributed by atoms with Crippen LogP contribution in [0.4, 0.5) is 10.5 Å². The third-order valence-electron chi connectivity index (χ3n) is 5.02. The van der Waals surface area contributed by atoms with Crippen LogP contribution in [0.25, 0.3) is 0 Å². The minimum atomic E-state index is -1.08. The van der Waals surface area contributed by atoms with E-state index >= 15 is 0 Å². The highest BCUT2D eigenvalue weighted by atomic mass is 16.5. The molecule has 4 amide bonds. The second-order valence-electron chi connectivity index (χ2n) is 7.24. The number of nitriles is 1. The molecular weight excluding hydrogens is 384 g/mol. The first-order valence-corrected chi connectivity index (χ1v) is 9.42. The van der Waals surface area contributed by atoms with Crippen LogP contribution < -0.4 is 15.4 Å². The molecule has 1 aliphatic rings. The Morgan fingerprint density at radius 3 is 2.43 bits per heavy atom. The van der Waals surface area contributed by atoms with E-state index in [1.54, 1.807) is 38.3 Å². The third kappa shape index (κ3) is 4.58. The van der Waals surface area contributed by atoms with Gasteiger partial charge in [-0.15, -0.1) is 0 Å². The number of aryl methyl sites for hydroxylation is 1. The van der Waals surface area contributed by atoms with Crippen molar-refractivity contribution in [2.45, 2.75) is 25.3 Å². The number of nitrogens with zero attached hydrogens (tertiary/aromatic N) is 2. The van der Waals surface area contributed by atoms with E-state index in [0.717, 1.165) is 16.2 Å². The van der Waals surface area contributed by atoms with Gasteiger partial charge < -0.3 is 15.4 Å². The Kier molecular flexibility index (Phi) is 6.02. The van der Waals surface area contributed by atoms with E-state index in [1.165, 1.54) is 0 Å². The molecule has 2 N–H and O–H groups in total. The van der Waals surface area contributed by atoms with Crippen LogP contribution in [0.3, 0.4) is 0 Å². The lowest BCUT2D eigenvalue weighted by Gasteiger charge is -2.21. The smallest absolute Gasteiger partial charge is 0.325 e. The number of methoxy groups -OCH3 is 1. The molecule has 0 aromatic heterocycles. The fraction of sp³-hybridized carbons (Fsp3) is 0.273. The van der Waals surface area contributed by atoms with Crippen molar-refractivity contribution in [3.63, 3.8) is 0 Å². The molecule has 2 aromatic rings. The van der Waals surface area contributed by atoms with Crippen LogP contribution >= 0.6 is 0 Å². The van der Waals surface area contributed by atoms with Crippen molar-refractivity contribution < 1.29 is 19.1 Å². The highest BCUT2D eigenvalue weighted by Gasteiger charge is 2.47. The quantitative estimate of drug-likeness (QED) is 0.686. The Morgan fingerprint density at radius 1 is 1.17 bits per heavy atom. The first-order chi connectivity index (χ1) is 14.3. The Hall–Kier alpha value is -3.86. The number of anilines is 1. The molecule has 1 fully saturated rings. The number of ether oxygens (including phenoxy) is 1. The van der Waals surface area contributed by atoms with Crippen LogP contribution in [0.15, 0.2) is 48.5 Å². The molecule has 0 bridgehead atoms. The van der Waals surface area contributed by atoms with E-state index in [9.17, 15) is 14.4 Å². The van der Waals surface area contributed by atoms with Gasteiger partial charge in [-0.1, -0.05) is 12.1 Å². The molecule has 1 saturated heterocycles. The lowest BCUT2D eigenvalue weighted by molar-refractivity contribution is -0.133. The molecule has 1 unspecified atom stereocenters. The molecule has 1 aliphatic heterocycles. The average Bonchev–Trinajstić information content (AvgIpc) is 2.96. The SMILES string of the molecule is COc1ccc(CCC2(C)NC(=O)N(CC(=O)Nc3ccc(C#N)cc3)C2=O)cc1. The number of hydrogen-bond donors (Lipinski definition) is 2. The summed E-state index contributed by atoms with van der Waals surface area (Å²) >= 11 is 0. The van der Waals surface area contributed by atoms with Gasteiger partial charge in [-0.3, -0.25) is 14.5 Å². The molecule has 8 nitrogen and oxygen atoms in total. The monoisotopic (exact) mass is 406 g/mol. The molecule has 0 aliphatic carbocycles. The number of urea groups is 1. The maximum Gasteiger partial charge on any atom is 0.325 e. The van der Waals surface area contributed by atoms with Gasteiger partial charge in [0, 0.05) is 5.69 Å². The zero-order valence-electron chi connectivity index (χ0n) is 16.8. The topological polar surface area (TPSA) is 112 Å². The highest BCUT2D eigenvalue weighted by molar-refractivity contribution is 6.09. The maximum atomic E-state index is 12.8. The number of carbonyl (C=O) groups excluding carboxylic acids is 3. The van der Waals surface area contributed by atoms with E-state index in [0.29, 0.717) is 24.1 Å². The summed E-state index contributed by atoms with van der Waals surface area (Å²) in [6, 6.07) is 15.2. The summed E-state index contributed by atoms with van der Waals surface area (Å²) < 4.78 is 5.13. The van der Waals surface area contributed by atoms with Gasteiger partial charge >= 0.3 is 6.03 Å². The molecule has 3 rings (SSSR count). The van der Waals surface area contributed by atoms with Gasteiger partial charge in [0.2, 0.25) is 5.91 Å². The predicted molar refractivity (Wildman–Crippen MR) is 110 cm³/mol. The molecule has 8 heteroatoms. The number of amides is 4. The molecule has 0 radical (unpaired) electrons. The van der Waals surface area contributed by atoms with E-state index in [4.69, 9.17) is 10.00 Å². The second-order valence-corrected chi connectivity index (χ2v) is 7.24. The standard InChI is InChI=1S/C22H22N4O4/c1-22(12-11-15-5-9-18(30-2)10-6-15)20(28)26(21(29)25-22)14-19(27)24-17-7-3-16(13-23)4-8-17/h3-10H,11-12,14H2,1-2H3,(H,24,27)(H,25,29). The molecule has 0 saturated carbocycles. The largest absolute Gasteiger partial charge is 0.497 e. The van der Waals surface area contributed by atoms with Crippen molar-refractivity contribution in [2.75, 3.05) is 19.0 Å². The zero-order chi connectivity index (χ0) is 21.7. The predicted octanol–water partition coefficient (Wildman–Crippen LogP) is 2.45. The summed E-state index contributed by atoms with van der Waals surface area (Å²) in [6.07, 6.45) is 0.982. The number of imide groups is 1. The van der Waals surface area contributed by atoms with Crippen molar-refractivity contribution in [3.8, 4) is 11.8 Å². The average molecular weight is 406 g/mol. The Morgan fingerprint density at radius 2 is 1.83 bits per heavy atom. The van der Waals surface area contributed by atoms with E-state index in [2.05, 4.69) is 10.6 Å². The summed E-state index contributed by atoms with van der Waals surface area (Å²) in [6.45, 7) is 1.28. The van der Waals surface area contributed by atoms with Crippen molar-refractivity contribution in [1.29, 1.82) is 5.26 Å². The van der Waals surface area contributed by atoms with Crippen LogP contribution in [0.2, 0.25) is 0 Å². The minimum Gasteiger partial charge on any atom is -0.497 e. The van der Waals surface area contributed by atoms with E-state index < -0.39 is 23.4 Å². The summed E-state index contributed by atoms with van der Waals surface area (Å²) in [4.78, 5) is 38.4. The van der Waals surface area contributed by atoms with Gasteiger partial charge in [-0.25, -0.2) is 4.79 Å². The molecular formula is C22H22N4O4. The van der Waals surface area contributed by atoms with Crippen molar-refractivity contribution >= 4 is 23.5 Å². The number of hydrogen-bond acceptors (Lipinski definition) is 5. The van der Waals surface area contributed by atoms with Crippen molar-refractivity contribution in [2.24, 2.45) is 0 Å². The van der Waals surface area contributed by atoms with Gasteiger partial charge in [-0.05, 0) is 61.7 Å². The van der Waals surface area contributed by atoms with Gasteiger partial charge in [-0.2, -0.15) is 5.26 Å². The van der Waals surface area contributed by atoms with Gasteiger partial charge in [0.05, 0.1) is 18.7 Å². The summed E-state index contributed by atoms with van der Waals surface area (Å²) in [5, 5.41) is 14.1. The number of nitrogens with one attached hydrogen (secondary N) is 2. The Labute approximate surface area is 174 Å². The fourth-order valence-corrected chi connectivity index (χ4v) is 3.22. The molecule has 1 heterocycles. The van der Waals surface area contributed by atoms with Crippen LogP contribution in [-0.2, 0) is 16.0 Å². The molecule has 154 valence electrons. The summed E-state index contributed by atoms with van der Waals surface area (Å²) in [5.74, 6) is -0.187. The second kappa shape index (κ2) is 8.66. The molecule has 1 atom stereocenters. The zero-order valence-corrected chi connectivity index (χ0v) is 16.8. The summed E-state index contributed by atoms with van der Waals surface area (Å²) in [7, 11) is 1.59. The van der Waals surface area contributed by atoms with Gasteiger partial charge in [0.15, 0.2) is 0 Å². The van der Waals surface area contributed by atoms with Crippen molar-refractivity contribution in [3.05, 3.63) is 59.7 Å². The molecule has 30 heavy (non-hydrogen) atoms. The highest BCUT2D eigenvalue weighted by Crippen LogP contribution is 2.24. The van der Waals surface area contributed by atoms with Gasteiger partial charge in [0.1, 0.15) is 17.8 Å². The van der Waals surface area contributed by atoms with E-state index in [1.807, 2.05) is 30.3 Å². The number of carbonyl (C=O) groups is 3. The Balaban J connectivity index is 1.59. The number of rotatable bonds is 7. The minimum absolute atomic E-state index is 0.386. The van der Waals surface area contributed by atoms with Crippen LogP contribution in [0.5, 0.6) is 5.75 Å². The first-order valence-electron chi connectivity index (χ1n) is 9.42. The normalized spacial score (nSPS) is 18.0. The Bertz CT molecular complexity index is 995. The fourth-order valence-electron chi connectivity index (χ4n) is 3.22. The third-order valence-corrected chi connectivity index (χ3v) is 5.02. The van der Waals surface area contributed by atoms with Crippen LogP contribution in [-0.4, -0.2) is 41.9 Å². The maximum absolute atomic E-state index is 12.8. The van der Waals surface area contributed by atoms with Crippen LogP contribution in [0.1, 0.15) is 24.5 Å². The lowest BCUT2D eigenvalue weighted by atomic mass is 9.93. The van der Waals surface area contributed by atoms with Gasteiger partial charge in [0.25, 0.3) is 5.91 Å².